The molecule has 0 unspecified atom stereocenters. The number of likely N-dealkylation sites (tertiary alicyclic amines) is 1. The minimum Gasteiger partial charge on any atom is -0.370 e. The quantitative estimate of drug-likeness (QED) is 0.792. The lowest BCUT2D eigenvalue weighted by atomic mass is 9.82. The topological polar surface area (TPSA) is 42.4 Å². The molecule has 4 rings (SSSR count). The number of fused-ring (bicyclic) bond motifs is 2. The van der Waals surface area contributed by atoms with Crippen LogP contribution in [0.3, 0.4) is 0 Å². The fourth-order valence-corrected chi connectivity index (χ4v) is 5.55. The van der Waals surface area contributed by atoms with Crippen LogP contribution in [0.15, 0.2) is 11.4 Å². The zero-order valence-corrected chi connectivity index (χ0v) is 15.1. The summed E-state index contributed by atoms with van der Waals surface area (Å²) in [5.74, 6) is 0.129. The standard InChI is InChI=1S/C17H20N2O2S2/c1-11-15(23-12(2)18-11)16(20)19-7-5-17(6-8-19)13-4-10-22-14(13)3-9-21-17/h4,10H,3,5-9H2,1-2H3. The van der Waals surface area contributed by atoms with Gasteiger partial charge in [-0.3, -0.25) is 4.79 Å². The Bertz CT molecular complexity index is 742. The summed E-state index contributed by atoms with van der Waals surface area (Å²) in [7, 11) is 0. The number of rotatable bonds is 1. The predicted molar refractivity (Wildman–Crippen MR) is 92.4 cm³/mol. The summed E-state index contributed by atoms with van der Waals surface area (Å²) in [4.78, 5) is 21.4. The lowest BCUT2D eigenvalue weighted by molar-refractivity contribution is -0.0926. The Morgan fingerprint density at radius 3 is 2.83 bits per heavy atom. The molecule has 23 heavy (non-hydrogen) atoms. The largest absolute Gasteiger partial charge is 0.370 e. The molecule has 0 atom stereocenters. The molecule has 0 bridgehead atoms. The van der Waals surface area contributed by atoms with Gasteiger partial charge in [-0.15, -0.1) is 22.7 Å². The summed E-state index contributed by atoms with van der Waals surface area (Å²) in [5, 5.41) is 3.13. The van der Waals surface area contributed by atoms with Crippen molar-refractivity contribution in [2.24, 2.45) is 0 Å². The van der Waals surface area contributed by atoms with Crippen LogP contribution < -0.4 is 0 Å². The van der Waals surface area contributed by atoms with Crippen LogP contribution in [-0.2, 0) is 16.8 Å². The maximum atomic E-state index is 12.8. The number of thiazole rings is 1. The molecule has 1 amide bonds. The van der Waals surface area contributed by atoms with Crippen molar-refractivity contribution in [3.63, 3.8) is 0 Å². The molecule has 0 radical (unpaired) electrons. The van der Waals surface area contributed by atoms with Crippen LogP contribution in [0.1, 0.15) is 43.7 Å². The highest BCUT2D eigenvalue weighted by Crippen LogP contribution is 2.43. The van der Waals surface area contributed by atoms with E-state index in [1.807, 2.05) is 30.1 Å². The second kappa shape index (κ2) is 5.69. The van der Waals surface area contributed by atoms with Gasteiger partial charge in [-0.2, -0.15) is 0 Å². The SMILES string of the molecule is Cc1nc(C)c(C(=O)N2CCC3(CC2)OCCc2sccc23)s1. The Balaban J connectivity index is 1.52. The lowest BCUT2D eigenvalue weighted by Gasteiger charge is -2.44. The maximum absolute atomic E-state index is 12.8. The molecule has 2 aliphatic heterocycles. The summed E-state index contributed by atoms with van der Waals surface area (Å²) in [5.41, 5.74) is 2.06. The number of thiophene rings is 1. The van der Waals surface area contributed by atoms with Gasteiger partial charge in [0, 0.05) is 24.4 Å². The van der Waals surface area contributed by atoms with Crippen molar-refractivity contribution in [2.75, 3.05) is 19.7 Å². The van der Waals surface area contributed by atoms with Crippen molar-refractivity contribution in [1.29, 1.82) is 0 Å². The highest BCUT2D eigenvalue weighted by Gasteiger charge is 2.42. The first-order chi connectivity index (χ1) is 11.1. The molecule has 0 N–H and O–H groups in total. The van der Waals surface area contributed by atoms with Crippen LogP contribution in [-0.4, -0.2) is 35.5 Å². The third-order valence-corrected chi connectivity index (χ3v) is 6.94. The fraction of sp³-hybridized carbons (Fsp3) is 0.529. The molecule has 0 aliphatic carbocycles. The minimum absolute atomic E-state index is 0.129. The van der Waals surface area contributed by atoms with Crippen molar-refractivity contribution in [3.8, 4) is 0 Å². The van der Waals surface area contributed by atoms with E-state index in [4.69, 9.17) is 4.74 Å². The summed E-state index contributed by atoms with van der Waals surface area (Å²) < 4.78 is 6.21. The van der Waals surface area contributed by atoms with E-state index >= 15 is 0 Å². The van der Waals surface area contributed by atoms with Crippen LogP contribution in [0.4, 0.5) is 0 Å². The Hall–Kier alpha value is -1.24. The molecule has 1 saturated heterocycles. The number of ether oxygens (including phenoxy) is 1. The van der Waals surface area contributed by atoms with Crippen molar-refractivity contribution in [3.05, 3.63) is 37.5 Å². The van der Waals surface area contributed by atoms with Gasteiger partial charge in [0.25, 0.3) is 5.91 Å². The maximum Gasteiger partial charge on any atom is 0.265 e. The van der Waals surface area contributed by atoms with Crippen molar-refractivity contribution in [1.82, 2.24) is 9.88 Å². The number of hydrogen-bond donors (Lipinski definition) is 0. The Morgan fingerprint density at radius 1 is 1.35 bits per heavy atom. The predicted octanol–water partition coefficient (Wildman–Crippen LogP) is 3.53. The number of carbonyl (C=O) groups excluding carboxylic acids is 1. The van der Waals surface area contributed by atoms with E-state index in [9.17, 15) is 4.79 Å². The number of aromatic nitrogens is 1. The van der Waals surface area contributed by atoms with Gasteiger partial charge in [-0.1, -0.05) is 0 Å². The molecule has 1 spiro atoms. The highest BCUT2D eigenvalue weighted by molar-refractivity contribution is 7.13. The Kier molecular flexibility index (Phi) is 3.78. The number of carbonyl (C=O) groups is 1. The fourth-order valence-electron chi connectivity index (χ4n) is 3.72. The number of aryl methyl sites for hydroxylation is 2. The van der Waals surface area contributed by atoms with E-state index in [0.717, 1.165) is 54.5 Å². The zero-order chi connectivity index (χ0) is 16.0. The molecule has 2 aromatic heterocycles. The van der Waals surface area contributed by atoms with E-state index < -0.39 is 0 Å². The molecular weight excluding hydrogens is 328 g/mol. The molecular formula is C17H20N2O2S2. The molecule has 2 aliphatic rings. The van der Waals surface area contributed by atoms with Gasteiger partial charge >= 0.3 is 0 Å². The van der Waals surface area contributed by atoms with Crippen LogP contribution in [0.2, 0.25) is 0 Å². The third kappa shape index (κ3) is 2.53. The highest BCUT2D eigenvalue weighted by atomic mass is 32.1. The Morgan fingerprint density at radius 2 is 2.13 bits per heavy atom. The first kappa shape index (κ1) is 15.3. The summed E-state index contributed by atoms with van der Waals surface area (Å²) in [6, 6.07) is 2.22. The minimum atomic E-state index is -0.164. The summed E-state index contributed by atoms with van der Waals surface area (Å²) in [6.45, 7) is 6.18. The molecule has 0 aromatic carbocycles. The second-order valence-electron chi connectivity index (χ2n) is 6.29. The number of hydrogen-bond acceptors (Lipinski definition) is 5. The van der Waals surface area contributed by atoms with Gasteiger partial charge in [0.05, 0.1) is 22.9 Å². The zero-order valence-electron chi connectivity index (χ0n) is 13.4. The first-order valence-electron chi connectivity index (χ1n) is 8.03. The average Bonchev–Trinajstić information content (AvgIpc) is 3.15. The summed E-state index contributed by atoms with van der Waals surface area (Å²) >= 11 is 3.34. The van der Waals surface area contributed by atoms with E-state index in [1.54, 1.807) is 0 Å². The lowest BCUT2D eigenvalue weighted by Crippen LogP contribution is -2.48. The monoisotopic (exact) mass is 348 g/mol. The van der Waals surface area contributed by atoms with Gasteiger partial charge in [0.15, 0.2) is 0 Å². The molecule has 6 heteroatoms. The normalized spacial score (nSPS) is 19.8. The van der Waals surface area contributed by atoms with Gasteiger partial charge in [0.2, 0.25) is 0 Å². The second-order valence-corrected chi connectivity index (χ2v) is 8.49. The van der Waals surface area contributed by atoms with Crippen molar-refractivity contribution >= 4 is 28.6 Å². The van der Waals surface area contributed by atoms with Crippen LogP contribution >= 0.6 is 22.7 Å². The van der Waals surface area contributed by atoms with Gasteiger partial charge in [-0.05, 0) is 43.7 Å². The van der Waals surface area contributed by atoms with E-state index in [1.165, 1.54) is 21.8 Å². The van der Waals surface area contributed by atoms with Crippen LogP contribution in [0, 0.1) is 13.8 Å². The molecule has 4 nitrogen and oxygen atoms in total. The van der Waals surface area contributed by atoms with Crippen molar-refractivity contribution < 1.29 is 9.53 Å². The van der Waals surface area contributed by atoms with Gasteiger partial charge in [-0.25, -0.2) is 4.98 Å². The number of nitrogens with zero attached hydrogens (tertiary/aromatic N) is 2. The van der Waals surface area contributed by atoms with Gasteiger partial charge in [0.1, 0.15) is 4.88 Å². The van der Waals surface area contributed by atoms with E-state index in [-0.39, 0.29) is 11.5 Å². The molecule has 0 saturated carbocycles. The number of piperidine rings is 1. The van der Waals surface area contributed by atoms with Crippen molar-refractivity contribution in [2.45, 2.75) is 38.7 Å². The smallest absolute Gasteiger partial charge is 0.265 e. The van der Waals surface area contributed by atoms with Gasteiger partial charge < -0.3 is 9.64 Å². The number of amides is 1. The first-order valence-corrected chi connectivity index (χ1v) is 9.73. The summed E-state index contributed by atoms with van der Waals surface area (Å²) in [6.07, 6.45) is 2.80. The molecule has 122 valence electrons. The van der Waals surface area contributed by atoms with E-state index in [0.29, 0.717) is 0 Å². The van der Waals surface area contributed by atoms with Crippen LogP contribution in [0.25, 0.3) is 0 Å². The van der Waals surface area contributed by atoms with E-state index in [2.05, 4.69) is 16.4 Å². The van der Waals surface area contributed by atoms with Crippen LogP contribution in [0.5, 0.6) is 0 Å². The molecule has 1 fully saturated rings. The molecule has 4 heterocycles. The average molecular weight is 348 g/mol. The Labute approximate surface area is 144 Å². The third-order valence-electron chi connectivity index (χ3n) is 4.90. The molecule has 2 aromatic rings.